The predicted octanol–water partition coefficient (Wildman–Crippen LogP) is 2.54. The Morgan fingerprint density at radius 1 is 1.42 bits per heavy atom. The molecule has 0 saturated carbocycles. The van der Waals surface area contributed by atoms with Crippen molar-refractivity contribution in [2.45, 2.75) is 25.5 Å². The van der Waals surface area contributed by atoms with Gasteiger partial charge < -0.3 is 14.8 Å². The number of nitrogens with one attached hydrogen (secondary N) is 2. The number of rotatable bonds is 7. The molecule has 1 aromatic heterocycles. The lowest BCUT2D eigenvalue weighted by Gasteiger charge is -2.10. The number of ether oxygens (including phenoxy) is 2. The Hall–Kier alpha value is -1.89. The molecule has 128 valence electrons. The van der Waals surface area contributed by atoms with Crippen LogP contribution in [0.25, 0.3) is 11.3 Å². The Bertz CT molecular complexity index is 666. The van der Waals surface area contributed by atoms with Crippen LogP contribution in [-0.4, -0.2) is 42.0 Å². The number of halogens is 1. The van der Waals surface area contributed by atoms with E-state index in [0.717, 1.165) is 36.3 Å². The SMILES string of the molecule is O=C(COCC1CCCO1)NCc1cn[nH]c1-c1ccc(Cl)cc1. The molecule has 1 atom stereocenters. The van der Waals surface area contributed by atoms with Gasteiger partial charge in [-0.3, -0.25) is 9.89 Å². The highest BCUT2D eigenvalue weighted by Crippen LogP contribution is 2.22. The standard InChI is InChI=1S/C17H20ClN3O3/c18-14-5-3-12(4-6-14)17-13(9-20-21-17)8-19-16(22)11-23-10-15-2-1-7-24-15/h3-6,9,15H,1-2,7-8,10-11H2,(H,19,22)(H,20,21). The number of benzene rings is 1. The van der Waals surface area contributed by atoms with E-state index < -0.39 is 0 Å². The quantitative estimate of drug-likeness (QED) is 0.805. The van der Waals surface area contributed by atoms with E-state index in [9.17, 15) is 4.79 Å². The zero-order chi connectivity index (χ0) is 16.8. The van der Waals surface area contributed by atoms with Crippen molar-refractivity contribution in [2.75, 3.05) is 19.8 Å². The molecule has 2 heterocycles. The molecule has 1 aliphatic heterocycles. The van der Waals surface area contributed by atoms with Crippen LogP contribution in [0, 0.1) is 0 Å². The molecule has 1 saturated heterocycles. The lowest BCUT2D eigenvalue weighted by atomic mass is 10.1. The zero-order valence-electron chi connectivity index (χ0n) is 13.3. The fraction of sp³-hybridized carbons (Fsp3) is 0.412. The van der Waals surface area contributed by atoms with Crippen LogP contribution in [0.15, 0.2) is 30.5 Å². The lowest BCUT2D eigenvalue weighted by Crippen LogP contribution is -2.28. The van der Waals surface area contributed by atoms with Crippen molar-refractivity contribution in [3.63, 3.8) is 0 Å². The van der Waals surface area contributed by atoms with Gasteiger partial charge in [-0.15, -0.1) is 0 Å². The van der Waals surface area contributed by atoms with Crippen molar-refractivity contribution >= 4 is 17.5 Å². The summed E-state index contributed by atoms with van der Waals surface area (Å²) in [6.45, 7) is 1.67. The van der Waals surface area contributed by atoms with Gasteiger partial charge in [-0.05, 0) is 30.5 Å². The lowest BCUT2D eigenvalue weighted by molar-refractivity contribution is -0.127. The van der Waals surface area contributed by atoms with Crippen molar-refractivity contribution in [3.05, 3.63) is 41.0 Å². The monoisotopic (exact) mass is 349 g/mol. The number of hydrogen-bond donors (Lipinski definition) is 2. The number of aromatic amines is 1. The molecule has 0 aliphatic carbocycles. The molecule has 24 heavy (non-hydrogen) atoms. The second-order valence-corrected chi connectivity index (χ2v) is 6.14. The maximum absolute atomic E-state index is 11.9. The Labute approximate surface area is 145 Å². The molecule has 1 aliphatic rings. The van der Waals surface area contributed by atoms with Crippen LogP contribution in [0.4, 0.5) is 0 Å². The van der Waals surface area contributed by atoms with Gasteiger partial charge in [0.15, 0.2) is 0 Å². The van der Waals surface area contributed by atoms with Gasteiger partial charge in [0, 0.05) is 23.7 Å². The minimum atomic E-state index is -0.156. The first-order chi connectivity index (χ1) is 11.7. The summed E-state index contributed by atoms with van der Waals surface area (Å²) < 4.78 is 10.9. The summed E-state index contributed by atoms with van der Waals surface area (Å²) in [6.07, 6.45) is 3.90. The van der Waals surface area contributed by atoms with Crippen molar-refractivity contribution in [1.29, 1.82) is 0 Å². The van der Waals surface area contributed by atoms with Crippen LogP contribution >= 0.6 is 11.6 Å². The molecule has 0 radical (unpaired) electrons. The molecule has 7 heteroatoms. The molecular weight excluding hydrogens is 330 g/mol. The summed E-state index contributed by atoms with van der Waals surface area (Å²) >= 11 is 5.91. The number of carbonyl (C=O) groups is 1. The highest BCUT2D eigenvalue weighted by Gasteiger charge is 2.16. The third-order valence-electron chi connectivity index (χ3n) is 3.89. The topological polar surface area (TPSA) is 76.2 Å². The normalized spacial score (nSPS) is 17.1. The molecular formula is C17H20ClN3O3. The smallest absolute Gasteiger partial charge is 0.246 e. The zero-order valence-corrected chi connectivity index (χ0v) is 14.0. The van der Waals surface area contributed by atoms with E-state index in [1.807, 2.05) is 24.3 Å². The Morgan fingerprint density at radius 3 is 3.00 bits per heavy atom. The first kappa shape index (κ1) is 17.0. The summed E-state index contributed by atoms with van der Waals surface area (Å²) in [7, 11) is 0. The van der Waals surface area contributed by atoms with Gasteiger partial charge in [0.05, 0.1) is 24.6 Å². The van der Waals surface area contributed by atoms with Gasteiger partial charge in [-0.25, -0.2) is 0 Å². The molecule has 1 unspecified atom stereocenters. The molecule has 3 rings (SSSR count). The van der Waals surface area contributed by atoms with E-state index in [1.165, 1.54) is 0 Å². The maximum atomic E-state index is 11.9. The second-order valence-electron chi connectivity index (χ2n) is 5.70. The highest BCUT2D eigenvalue weighted by atomic mass is 35.5. The highest BCUT2D eigenvalue weighted by molar-refractivity contribution is 6.30. The van der Waals surface area contributed by atoms with Crippen LogP contribution in [0.2, 0.25) is 5.02 Å². The molecule has 0 bridgehead atoms. The largest absolute Gasteiger partial charge is 0.376 e. The Balaban J connectivity index is 1.47. The van der Waals surface area contributed by atoms with Gasteiger partial charge in [-0.2, -0.15) is 5.10 Å². The van der Waals surface area contributed by atoms with Crippen molar-refractivity contribution in [2.24, 2.45) is 0 Å². The molecule has 0 spiro atoms. The van der Waals surface area contributed by atoms with Gasteiger partial charge in [0.1, 0.15) is 6.61 Å². The third kappa shape index (κ3) is 4.56. The Morgan fingerprint density at radius 2 is 2.25 bits per heavy atom. The van der Waals surface area contributed by atoms with Gasteiger partial charge in [0.25, 0.3) is 0 Å². The summed E-state index contributed by atoms with van der Waals surface area (Å²) in [5.74, 6) is -0.156. The van der Waals surface area contributed by atoms with Gasteiger partial charge in [0.2, 0.25) is 5.91 Å². The molecule has 1 amide bonds. The van der Waals surface area contributed by atoms with Gasteiger partial charge in [-0.1, -0.05) is 23.7 Å². The van der Waals surface area contributed by atoms with E-state index >= 15 is 0 Å². The number of aromatic nitrogens is 2. The average Bonchev–Trinajstić information content (AvgIpc) is 3.25. The fourth-order valence-corrected chi connectivity index (χ4v) is 2.74. The van der Waals surface area contributed by atoms with E-state index in [1.54, 1.807) is 6.20 Å². The maximum Gasteiger partial charge on any atom is 0.246 e. The number of H-pyrrole nitrogens is 1. The first-order valence-electron chi connectivity index (χ1n) is 7.96. The fourth-order valence-electron chi connectivity index (χ4n) is 2.62. The molecule has 1 fully saturated rings. The molecule has 1 aromatic carbocycles. The van der Waals surface area contributed by atoms with Crippen LogP contribution < -0.4 is 5.32 Å². The minimum Gasteiger partial charge on any atom is -0.376 e. The number of nitrogens with zero attached hydrogens (tertiary/aromatic N) is 1. The number of carbonyl (C=O) groups excluding carboxylic acids is 1. The van der Waals surface area contributed by atoms with Crippen molar-refractivity contribution in [1.82, 2.24) is 15.5 Å². The summed E-state index contributed by atoms with van der Waals surface area (Å²) in [5, 5.41) is 10.5. The minimum absolute atomic E-state index is 0.0357. The second kappa shape index (κ2) is 8.28. The van der Waals surface area contributed by atoms with E-state index in [-0.39, 0.29) is 18.6 Å². The van der Waals surface area contributed by atoms with E-state index in [4.69, 9.17) is 21.1 Å². The average molecular weight is 350 g/mol. The van der Waals surface area contributed by atoms with Gasteiger partial charge >= 0.3 is 0 Å². The van der Waals surface area contributed by atoms with Crippen LogP contribution in [-0.2, 0) is 20.8 Å². The molecule has 2 N–H and O–H groups in total. The molecule has 2 aromatic rings. The summed E-state index contributed by atoms with van der Waals surface area (Å²) in [4.78, 5) is 11.9. The van der Waals surface area contributed by atoms with Crippen molar-refractivity contribution in [3.8, 4) is 11.3 Å². The molecule has 6 nitrogen and oxygen atoms in total. The van der Waals surface area contributed by atoms with Crippen LogP contribution in [0.5, 0.6) is 0 Å². The van der Waals surface area contributed by atoms with Crippen molar-refractivity contribution < 1.29 is 14.3 Å². The van der Waals surface area contributed by atoms with E-state index in [2.05, 4.69) is 15.5 Å². The summed E-state index contributed by atoms with van der Waals surface area (Å²) in [6, 6.07) is 7.45. The Kier molecular flexibility index (Phi) is 5.85. The predicted molar refractivity (Wildman–Crippen MR) is 90.7 cm³/mol. The van der Waals surface area contributed by atoms with Crippen LogP contribution in [0.1, 0.15) is 18.4 Å². The number of amides is 1. The first-order valence-corrected chi connectivity index (χ1v) is 8.34. The third-order valence-corrected chi connectivity index (χ3v) is 4.14. The van der Waals surface area contributed by atoms with E-state index in [0.29, 0.717) is 18.2 Å². The van der Waals surface area contributed by atoms with Crippen LogP contribution in [0.3, 0.4) is 0 Å². The number of hydrogen-bond acceptors (Lipinski definition) is 4. The summed E-state index contributed by atoms with van der Waals surface area (Å²) in [5.41, 5.74) is 2.74.